The summed E-state index contributed by atoms with van der Waals surface area (Å²) < 4.78 is 5.81. The van der Waals surface area contributed by atoms with E-state index in [1.165, 1.54) is 50.3 Å². The number of non-ortho nitro benzene ring substituents is 1. The van der Waals surface area contributed by atoms with Crippen molar-refractivity contribution in [2.45, 2.75) is 50.8 Å². The van der Waals surface area contributed by atoms with E-state index in [1.807, 2.05) is 18.2 Å². The minimum absolute atomic E-state index is 0.0961. The van der Waals surface area contributed by atoms with Gasteiger partial charge < -0.3 is 4.74 Å². The molecule has 0 spiro atoms. The van der Waals surface area contributed by atoms with Crippen LogP contribution in [0.1, 0.15) is 49.3 Å². The molecule has 0 aromatic heterocycles. The minimum atomic E-state index is -0.381. The molecule has 26 heavy (non-hydrogen) atoms. The Hall–Kier alpha value is -2.40. The Kier molecular flexibility index (Phi) is 4.89. The molecule has 2 aliphatic rings. The van der Waals surface area contributed by atoms with Gasteiger partial charge in [0, 0.05) is 24.2 Å². The summed E-state index contributed by atoms with van der Waals surface area (Å²) in [5.41, 5.74) is 2.27. The number of benzene rings is 2. The van der Waals surface area contributed by atoms with Crippen LogP contribution in [0.25, 0.3) is 0 Å². The molecule has 2 atom stereocenters. The molecule has 5 heteroatoms. The molecule has 0 saturated carbocycles. The van der Waals surface area contributed by atoms with Crippen molar-refractivity contribution in [1.82, 2.24) is 4.90 Å². The number of piperidine rings is 1. The highest BCUT2D eigenvalue weighted by atomic mass is 16.6. The summed E-state index contributed by atoms with van der Waals surface area (Å²) in [4.78, 5) is 13.2. The third-order valence-electron chi connectivity index (χ3n) is 5.64. The van der Waals surface area contributed by atoms with Gasteiger partial charge in [0.1, 0.15) is 12.4 Å². The highest BCUT2D eigenvalue weighted by Gasteiger charge is 2.35. The molecule has 4 rings (SSSR count). The summed E-state index contributed by atoms with van der Waals surface area (Å²) in [5.74, 6) is 0.799. The largest absolute Gasteiger partial charge is 0.489 e. The van der Waals surface area contributed by atoms with Gasteiger partial charge in [0.15, 0.2) is 0 Å². The molecule has 2 heterocycles. The smallest absolute Gasteiger partial charge is 0.269 e. The number of hydrogen-bond acceptors (Lipinski definition) is 4. The maximum Gasteiger partial charge on any atom is 0.269 e. The van der Waals surface area contributed by atoms with Crippen LogP contribution < -0.4 is 4.74 Å². The predicted molar refractivity (Wildman–Crippen MR) is 100 cm³/mol. The summed E-state index contributed by atoms with van der Waals surface area (Å²) in [5, 5.41) is 10.9. The number of hydrogen-bond donors (Lipinski definition) is 0. The first kappa shape index (κ1) is 17.0. The zero-order valence-electron chi connectivity index (χ0n) is 14.8. The molecule has 0 N–H and O–H groups in total. The van der Waals surface area contributed by atoms with Crippen LogP contribution in [0.5, 0.6) is 5.75 Å². The van der Waals surface area contributed by atoms with E-state index < -0.39 is 0 Å². The standard InChI is InChI=1S/C21H24N2O3/c24-23(25)19-6-3-4-16(14-19)15-26-20-10-7-17(8-11-20)21-12-9-18-5-1-2-13-22(18)21/h3-4,6-8,10-11,14,18,21H,1-2,5,9,12-13,15H2/t18-,21-/m1/s1. The lowest BCUT2D eigenvalue weighted by Crippen LogP contribution is -2.35. The summed E-state index contributed by atoms with van der Waals surface area (Å²) in [6.45, 7) is 1.55. The highest BCUT2D eigenvalue weighted by Crippen LogP contribution is 2.40. The molecule has 0 amide bonds. The minimum Gasteiger partial charge on any atom is -0.489 e. The van der Waals surface area contributed by atoms with Gasteiger partial charge in [0.25, 0.3) is 5.69 Å². The van der Waals surface area contributed by atoms with Crippen LogP contribution in [-0.4, -0.2) is 22.4 Å². The Bertz CT molecular complexity index is 775. The summed E-state index contributed by atoms with van der Waals surface area (Å²) in [6.07, 6.45) is 6.60. The van der Waals surface area contributed by atoms with Crippen molar-refractivity contribution in [2.75, 3.05) is 6.54 Å². The normalized spacial score (nSPS) is 22.8. The highest BCUT2D eigenvalue weighted by molar-refractivity contribution is 5.35. The van der Waals surface area contributed by atoms with E-state index in [-0.39, 0.29) is 10.6 Å². The van der Waals surface area contributed by atoms with Crippen molar-refractivity contribution in [3.05, 3.63) is 69.8 Å². The fraction of sp³-hybridized carbons (Fsp3) is 0.429. The molecule has 2 aliphatic heterocycles. The number of nitro benzene ring substituents is 1. The average Bonchev–Trinajstić information content (AvgIpc) is 3.11. The van der Waals surface area contributed by atoms with Crippen LogP contribution in [-0.2, 0) is 6.61 Å². The lowest BCUT2D eigenvalue weighted by molar-refractivity contribution is -0.384. The van der Waals surface area contributed by atoms with Crippen LogP contribution in [0.2, 0.25) is 0 Å². The van der Waals surface area contributed by atoms with Crippen molar-refractivity contribution in [2.24, 2.45) is 0 Å². The van der Waals surface area contributed by atoms with Crippen molar-refractivity contribution in [1.29, 1.82) is 0 Å². The average molecular weight is 352 g/mol. The van der Waals surface area contributed by atoms with Gasteiger partial charge in [0.05, 0.1) is 4.92 Å². The first-order valence-corrected chi connectivity index (χ1v) is 9.42. The molecule has 136 valence electrons. The molecule has 0 radical (unpaired) electrons. The van der Waals surface area contributed by atoms with Gasteiger partial charge >= 0.3 is 0 Å². The third kappa shape index (κ3) is 3.58. The Balaban J connectivity index is 1.39. The van der Waals surface area contributed by atoms with Crippen molar-refractivity contribution in [3.63, 3.8) is 0 Å². The zero-order valence-corrected chi connectivity index (χ0v) is 14.8. The fourth-order valence-corrected chi connectivity index (χ4v) is 4.33. The lowest BCUT2D eigenvalue weighted by Gasteiger charge is -2.34. The predicted octanol–water partition coefficient (Wildman–Crippen LogP) is 4.86. The number of nitro groups is 1. The SMILES string of the molecule is O=[N+]([O-])c1cccc(COc2ccc([C@H]3CC[C@H]4CCCCN43)cc2)c1. The fourth-order valence-electron chi connectivity index (χ4n) is 4.33. The van der Waals surface area contributed by atoms with Gasteiger partial charge in [0.2, 0.25) is 0 Å². The monoisotopic (exact) mass is 352 g/mol. The van der Waals surface area contributed by atoms with Crippen LogP contribution in [0, 0.1) is 10.1 Å². The van der Waals surface area contributed by atoms with Gasteiger partial charge in [-0.1, -0.05) is 30.7 Å². The number of rotatable bonds is 5. The first-order valence-electron chi connectivity index (χ1n) is 9.42. The molecule has 0 aliphatic carbocycles. The van der Waals surface area contributed by atoms with E-state index in [0.717, 1.165) is 17.4 Å². The van der Waals surface area contributed by atoms with Crippen LogP contribution >= 0.6 is 0 Å². The quantitative estimate of drug-likeness (QED) is 0.569. The Morgan fingerprint density at radius 3 is 2.73 bits per heavy atom. The van der Waals surface area contributed by atoms with Gasteiger partial charge in [-0.05, 0) is 55.5 Å². The van der Waals surface area contributed by atoms with Crippen molar-refractivity contribution < 1.29 is 9.66 Å². The molecule has 2 fully saturated rings. The second kappa shape index (κ2) is 7.46. The van der Waals surface area contributed by atoms with Gasteiger partial charge in [-0.2, -0.15) is 0 Å². The van der Waals surface area contributed by atoms with Crippen molar-refractivity contribution >= 4 is 5.69 Å². The molecule has 2 saturated heterocycles. The summed E-state index contributed by atoms with van der Waals surface area (Å²) in [6, 6.07) is 16.3. The van der Waals surface area contributed by atoms with E-state index in [2.05, 4.69) is 17.0 Å². The molecular weight excluding hydrogens is 328 g/mol. The second-order valence-corrected chi connectivity index (χ2v) is 7.27. The molecule has 0 unspecified atom stereocenters. The Morgan fingerprint density at radius 2 is 1.92 bits per heavy atom. The molecule has 5 nitrogen and oxygen atoms in total. The van der Waals surface area contributed by atoms with E-state index >= 15 is 0 Å². The summed E-state index contributed by atoms with van der Waals surface area (Å²) >= 11 is 0. The molecular formula is C21H24N2O3. The summed E-state index contributed by atoms with van der Waals surface area (Å²) in [7, 11) is 0. The van der Waals surface area contributed by atoms with Crippen molar-refractivity contribution in [3.8, 4) is 5.75 Å². The number of fused-ring (bicyclic) bond motifs is 1. The lowest BCUT2D eigenvalue weighted by atomic mass is 10.0. The molecule has 2 aromatic carbocycles. The molecule has 0 bridgehead atoms. The van der Waals surface area contributed by atoms with E-state index in [9.17, 15) is 10.1 Å². The Morgan fingerprint density at radius 1 is 1.08 bits per heavy atom. The topological polar surface area (TPSA) is 55.6 Å². The Labute approximate surface area is 153 Å². The van der Waals surface area contributed by atoms with Gasteiger partial charge in [-0.15, -0.1) is 0 Å². The maximum atomic E-state index is 10.9. The van der Waals surface area contributed by atoms with E-state index in [4.69, 9.17) is 4.74 Å². The first-order chi connectivity index (χ1) is 12.7. The second-order valence-electron chi connectivity index (χ2n) is 7.27. The van der Waals surface area contributed by atoms with Crippen LogP contribution in [0.15, 0.2) is 48.5 Å². The zero-order chi connectivity index (χ0) is 17.9. The van der Waals surface area contributed by atoms with Crippen LogP contribution in [0.4, 0.5) is 5.69 Å². The molecule has 2 aromatic rings. The maximum absolute atomic E-state index is 10.9. The number of nitrogens with zero attached hydrogens (tertiary/aromatic N) is 2. The van der Waals surface area contributed by atoms with Gasteiger partial charge in [-0.3, -0.25) is 15.0 Å². The van der Waals surface area contributed by atoms with E-state index in [0.29, 0.717) is 12.6 Å². The third-order valence-corrected chi connectivity index (χ3v) is 5.64. The van der Waals surface area contributed by atoms with E-state index in [1.54, 1.807) is 12.1 Å². The van der Waals surface area contributed by atoms with Crippen LogP contribution in [0.3, 0.4) is 0 Å². The number of ether oxygens (including phenoxy) is 1. The van der Waals surface area contributed by atoms with Gasteiger partial charge in [-0.25, -0.2) is 0 Å².